The zero-order valence-corrected chi connectivity index (χ0v) is 18.8. The van der Waals surface area contributed by atoms with Gasteiger partial charge in [0.1, 0.15) is 5.82 Å². The Hall–Kier alpha value is -3.47. The predicted octanol–water partition coefficient (Wildman–Crippen LogP) is 5.27. The predicted molar refractivity (Wildman–Crippen MR) is 127 cm³/mol. The van der Waals surface area contributed by atoms with Gasteiger partial charge < -0.3 is 10.2 Å². The van der Waals surface area contributed by atoms with Crippen LogP contribution in [-0.2, 0) is 10.2 Å². The zero-order chi connectivity index (χ0) is 23.3. The Labute approximate surface area is 194 Å². The first-order valence-corrected chi connectivity index (χ1v) is 11.4. The van der Waals surface area contributed by atoms with Crippen LogP contribution >= 0.6 is 0 Å². The Balaban J connectivity index is 1.48. The van der Waals surface area contributed by atoms with Crippen molar-refractivity contribution >= 4 is 11.8 Å². The summed E-state index contributed by atoms with van der Waals surface area (Å²) in [6, 6.07) is 25.6. The van der Waals surface area contributed by atoms with E-state index in [0.29, 0.717) is 37.9 Å². The number of rotatable bonds is 6. The van der Waals surface area contributed by atoms with Crippen molar-refractivity contribution in [1.29, 1.82) is 0 Å². The number of nitrogens with zero attached hydrogens (tertiary/aromatic N) is 1. The summed E-state index contributed by atoms with van der Waals surface area (Å²) in [6.07, 6.45) is 1.75. The fourth-order valence-corrected chi connectivity index (χ4v) is 4.70. The molecule has 0 aliphatic carbocycles. The maximum atomic E-state index is 13.2. The summed E-state index contributed by atoms with van der Waals surface area (Å²) in [6.45, 7) is 3.09. The summed E-state index contributed by atoms with van der Waals surface area (Å²) in [5.74, 6) is -0.448. The first-order valence-electron chi connectivity index (χ1n) is 11.4. The van der Waals surface area contributed by atoms with E-state index in [1.165, 1.54) is 24.3 Å². The van der Waals surface area contributed by atoms with E-state index >= 15 is 0 Å². The molecule has 4 rings (SSSR count). The second-order valence-corrected chi connectivity index (χ2v) is 8.82. The molecule has 3 aromatic carbocycles. The number of piperidine rings is 1. The van der Waals surface area contributed by atoms with Crippen LogP contribution in [0.4, 0.5) is 4.39 Å². The summed E-state index contributed by atoms with van der Waals surface area (Å²) < 4.78 is 13.2. The Morgan fingerprint density at radius 2 is 1.48 bits per heavy atom. The average Bonchev–Trinajstić information content (AvgIpc) is 2.85. The number of amides is 2. The van der Waals surface area contributed by atoms with E-state index in [-0.39, 0.29) is 29.1 Å². The molecule has 0 spiro atoms. The van der Waals surface area contributed by atoms with Gasteiger partial charge in [0.2, 0.25) is 5.91 Å². The van der Waals surface area contributed by atoms with Crippen LogP contribution in [0.1, 0.15) is 53.7 Å². The quantitative estimate of drug-likeness (QED) is 0.563. The summed E-state index contributed by atoms with van der Waals surface area (Å²) >= 11 is 0. The molecule has 1 saturated heterocycles. The molecule has 2 amide bonds. The fraction of sp³-hybridized carbons (Fsp3) is 0.286. The van der Waals surface area contributed by atoms with E-state index in [0.717, 1.165) is 11.1 Å². The number of nitrogens with one attached hydrogen (secondary N) is 1. The van der Waals surface area contributed by atoms with Crippen LogP contribution in [-0.4, -0.2) is 29.8 Å². The van der Waals surface area contributed by atoms with Crippen LogP contribution in [0.2, 0.25) is 0 Å². The second-order valence-electron chi connectivity index (χ2n) is 8.82. The largest absolute Gasteiger partial charge is 0.350 e. The molecule has 0 radical (unpaired) electrons. The van der Waals surface area contributed by atoms with E-state index in [2.05, 4.69) is 17.4 Å². The lowest BCUT2D eigenvalue weighted by Gasteiger charge is -2.42. The number of carbonyl (C=O) groups is 2. The number of hydrogen-bond acceptors (Lipinski definition) is 2. The van der Waals surface area contributed by atoms with Gasteiger partial charge in [0, 0.05) is 30.5 Å². The molecule has 5 heteroatoms. The van der Waals surface area contributed by atoms with Crippen molar-refractivity contribution in [2.45, 2.75) is 37.6 Å². The third-order valence-electron chi connectivity index (χ3n) is 6.66. The molecule has 3 aromatic rings. The minimum Gasteiger partial charge on any atom is -0.350 e. The van der Waals surface area contributed by atoms with Crippen molar-refractivity contribution in [3.05, 3.63) is 107 Å². The van der Waals surface area contributed by atoms with Gasteiger partial charge in [0.25, 0.3) is 5.91 Å². The lowest BCUT2D eigenvalue weighted by Crippen LogP contribution is -2.47. The van der Waals surface area contributed by atoms with Crippen molar-refractivity contribution in [3.63, 3.8) is 0 Å². The molecule has 1 fully saturated rings. The highest BCUT2D eigenvalue weighted by atomic mass is 19.1. The zero-order valence-electron chi connectivity index (χ0n) is 18.8. The maximum absolute atomic E-state index is 13.2. The third kappa shape index (κ3) is 5.30. The summed E-state index contributed by atoms with van der Waals surface area (Å²) in [7, 11) is 0. The minimum atomic E-state index is -0.357. The monoisotopic (exact) mass is 444 g/mol. The van der Waals surface area contributed by atoms with Crippen molar-refractivity contribution < 1.29 is 14.0 Å². The molecule has 0 bridgehead atoms. The molecule has 1 N–H and O–H groups in total. The van der Waals surface area contributed by atoms with Crippen LogP contribution in [0, 0.1) is 5.82 Å². The maximum Gasteiger partial charge on any atom is 0.253 e. The molecule has 0 aromatic heterocycles. The number of hydrogen-bond donors (Lipinski definition) is 1. The van der Waals surface area contributed by atoms with E-state index < -0.39 is 0 Å². The fourth-order valence-electron chi connectivity index (χ4n) is 4.70. The Bertz CT molecular complexity index is 1080. The van der Waals surface area contributed by atoms with Gasteiger partial charge in [-0.15, -0.1) is 0 Å². The van der Waals surface area contributed by atoms with E-state index in [1.807, 2.05) is 55.5 Å². The SMILES string of the molecule is CC(NC(=O)CC1(c2ccccc2)CCN(C(=O)c2ccc(F)cc2)CC1)c1ccccc1. The molecule has 4 nitrogen and oxygen atoms in total. The van der Waals surface area contributed by atoms with Crippen LogP contribution in [0.25, 0.3) is 0 Å². The Morgan fingerprint density at radius 3 is 2.09 bits per heavy atom. The smallest absolute Gasteiger partial charge is 0.253 e. The summed E-state index contributed by atoms with van der Waals surface area (Å²) in [5, 5.41) is 3.15. The van der Waals surface area contributed by atoms with Crippen LogP contribution in [0.5, 0.6) is 0 Å². The van der Waals surface area contributed by atoms with Crippen molar-refractivity contribution in [3.8, 4) is 0 Å². The van der Waals surface area contributed by atoms with Gasteiger partial charge in [-0.05, 0) is 55.2 Å². The highest BCUT2D eigenvalue weighted by Gasteiger charge is 2.39. The van der Waals surface area contributed by atoms with Gasteiger partial charge in [-0.3, -0.25) is 9.59 Å². The normalized spacial score (nSPS) is 16.1. The lowest BCUT2D eigenvalue weighted by atomic mass is 9.70. The van der Waals surface area contributed by atoms with Crippen LogP contribution < -0.4 is 5.32 Å². The highest BCUT2D eigenvalue weighted by molar-refractivity contribution is 5.94. The first kappa shape index (κ1) is 22.7. The molecule has 1 atom stereocenters. The van der Waals surface area contributed by atoms with Gasteiger partial charge in [0.15, 0.2) is 0 Å². The van der Waals surface area contributed by atoms with E-state index in [9.17, 15) is 14.0 Å². The molecular weight excluding hydrogens is 415 g/mol. The number of benzene rings is 3. The molecule has 1 unspecified atom stereocenters. The van der Waals surface area contributed by atoms with Gasteiger partial charge in [-0.1, -0.05) is 60.7 Å². The van der Waals surface area contributed by atoms with Crippen LogP contribution in [0.15, 0.2) is 84.9 Å². The molecule has 1 heterocycles. The number of likely N-dealkylation sites (tertiary alicyclic amines) is 1. The molecule has 33 heavy (non-hydrogen) atoms. The Kier molecular flexibility index (Phi) is 6.87. The number of carbonyl (C=O) groups excluding carboxylic acids is 2. The summed E-state index contributed by atoms with van der Waals surface area (Å²) in [4.78, 5) is 27.8. The molecule has 0 saturated carbocycles. The third-order valence-corrected chi connectivity index (χ3v) is 6.66. The van der Waals surface area contributed by atoms with Crippen molar-refractivity contribution in [2.75, 3.05) is 13.1 Å². The van der Waals surface area contributed by atoms with Gasteiger partial charge in [0.05, 0.1) is 6.04 Å². The topological polar surface area (TPSA) is 49.4 Å². The van der Waals surface area contributed by atoms with Crippen molar-refractivity contribution in [2.24, 2.45) is 0 Å². The standard InChI is InChI=1S/C28H29FN2O2/c1-21(22-8-4-2-5-9-22)30-26(32)20-28(24-10-6-3-7-11-24)16-18-31(19-17-28)27(33)23-12-14-25(29)15-13-23/h2-15,21H,16-20H2,1H3,(H,30,32). The molecule has 170 valence electrons. The van der Waals surface area contributed by atoms with Gasteiger partial charge in [-0.2, -0.15) is 0 Å². The van der Waals surface area contributed by atoms with E-state index in [4.69, 9.17) is 0 Å². The highest BCUT2D eigenvalue weighted by Crippen LogP contribution is 2.39. The molecular formula is C28H29FN2O2. The first-order chi connectivity index (χ1) is 16.0. The van der Waals surface area contributed by atoms with Gasteiger partial charge in [-0.25, -0.2) is 4.39 Å². The van der Waals surface area contributed by atoms with Crippen molar-refractivity contribution in [1.82, 2.24) is 10.2 Å². The van der Waals surface area contributed by atoms with Crippen LogP contribution in [0.3, 0.4) is 0 Å². The second kappa shape index (κ2) is 9.99. The van der Waals surface area contributed by atoms with Gasteiger partial charge >= 0.3 is 0 Å². The minimum absolute atomic E-state index is 0.00789. The lowest BCUT2D eigenvalue weighted by molar-refractivity contribution is -0.123. The average molecular weight is 445 g/mol. The number of halogens is 1. The van der Waals surface area contributed by atoms with E-state index in [1.54, 1.807) is 4.90 Å². The molecule has 1 aliphatic heterocycles. The summed E-state index contributed by atoms with van der Waals surface area (Å²) in [5.41, 5.74) is 2.35. The Morgan fingerprint density at radius 1 is 0.909 bits per heavy atom. The molecule has 1 aliphatic rings.